The average molecular weight is 801 g/mol. The molecular weight excluding hydrogens is 761 g/mol. The molecule has 0 amide bonds. The Morgan fingerprint density at radius 1 is 0.333 bits per heavy atom. The molecule has 0 saturated heterocycles. The minimum atomic E-state index is 0.853. The molecule has 2 heterocycles. The van der Waals surface area contributed by atoms with E-state index in [0.29, 0.717) is 0 Å². The quantitative estimate of drug-likeness (QED) is 0.158. The molecule has 0 saturated carbocycles. The molecule has 1 aliphatic rings. The van der Waals surface area contributed by atoms with Gasteiger partial charge in [-0.2, -0.15) is 0 Å². The second-order valence-corrected chi connectivity index (χ2v) is 16.9. The van der Waals surface area contributed by atoms with E-state index in [1.807, 2.05) is 0 Å². The first-order valence-electron chi connectivity index (χ1n) is 21.8. The zero-order chi connectivity index (χ0) is 41.6. The molecule has 10 aromatic carbocycles. The van der Waals surface area contributed by atoms with E-state index in [1.165, 1.54) is 104 Å². The lowest BCUT2D eigenvalue weighted by Gasteiger charge is -2.17. The van der Waals surface area contributed by atoms with Gasteiger partial charge in [-0.05, 0) is 132 Å². The molecule has 63 heavy (non-hydrogen) atoms. The minimum absolute atomic E-state index is 0.853. The molecule has 0 aliphatic heterocycles. The molecule has 0 radical (unpaired) electrons. The van der Waals surface area contributed by atoms with E-state index in [2.05, 4.69) is 234 Å². The molecular formula is C61H40N2. The van der Waals surface area contributed by atoms with Crippen LogP contribution < -0.4 is 0 Å². The first-order valence-corrected chi connectivity index (χ1v) is 21.8. The molecule has 0 N–H and O–H groups in total. The van der Waals surface area contributed by atoms with Gasteiger partial charge in [-0.15, -0.1) is 0 Å². The number of allylic oxidation sites excluding steroid dienone is 5. The molecule has 0 fully saturated rings. The Bertz CT molecular complexity index is 3920. The predicted molar refractivity (Wildman–Crippen MR) is 270 cm³/mol. The van der Waals surface area contributed by atoms with Crippen LogP contribution in [-0.2, 0) is 6.42 Å². The van der Waals surface area contributed by atoms with Gasteiger partial charge in [0, 0.05) is 32.9 Å². The number of nitrogens with zero attached hydrogens (tertiary/aromatic N) is 2. The summed E-state index contributed by atoms with van der Waals surface area (Å²) < 4.78 is 4.90. The summed E-state index contributed by atoms with van der Waals surface area (Å²) in [6.45, 7) is 4.45. The van der Waals surface area contributed by atoms with Gasteiger partial charge in [0.1, 0.15) is 0 Å². The summed E-state index contributed by atoms with van der Waals surface area (Å²) in [4.78, 5) is 0. The van der Waals surface area contributed by atoms with Gasteiger partial charge in [0.15, 0.2) is 0 Å². The van der Waals surface area contributed by atoms with Gasteiger partial charge in [0.05, 0.1) is 22.1 Å². The summed E-state index contributed by atoms with van der Waals surface area (Å²) in [5.41, 5.74) is 15.4. The van der Waals surface area contributed by atoms with E-state index in [4.69, 9.17) is 0 Å². The maximum Gasteiger partial charge on any atom is 0.0547 e. The van der Waals surface area contributed by atoms with Crippen LogP contribution in [0.4, 0.5) is 0 Å². The van der Waals surface area contributed by atoms with E-state index in [0.717, 1.165) is 28.9 Å². The Labute approximate surface area is 365 Å². The predicted octanol–water partition coefficient (Wildman–Crippen LogP) is 16.4. The minimum Gasteiger partial charge on any atom is -0.309 e. The second-order valence-electron chi connectivity index (χ2n) is 16.9. The van der Waals surface area contributed by atoms with Crippen molar-refractivity contribution in [2.45, 2.75) is 6.42 Å². The molecule has 2 nitrogen and oxygen atoms in total. The number of fused-ring (bicyclic) bond motifs is 15. The van der Waals surface area contributed by atoms with E-state index in [-0.39, 0.29) is 0 Å². The van der Waals surface area contributed by atoms with E-state index >= 15 is 0 Å². The van der Waals surface area contributed by atoms with Crippen molar-refractivity contribution in [2.75, 3.05) is 0 Å². The van der Waals surface area contributed by atoms with Crippen molar-refractivity contribution in [2.24, 2.45) is 0 Å². The third-order valence-electron chi connectivity index (χ3n) is 13.5. The molecule has 2 heteroatoms. The van der Waals surface area contributed by atoms with Crippen LogP contribution in [0.5, 0.6) is 0 Å². The van der Waals surface area contributed by atoms with Gasteiger partial charge in [0.25, 0.3) is 0 Å². The van der Waals surface area contributed by atoms with Gasteiger partial charge < -0.3 is 9.13 Å². The van der Waals surface area contributed by atoms with Crippen molar-refractivity contribution in [1.29, 1.82) is 0 Å². The van der Waals surface area contributed by atoms with Gasteiger partial charge >= 0.3 is 0 Å². The van der Waals surface area contributed by atoms with E-state index in [1.54, 1.807) is 0 Å². The van der Waals surface area contributed by atoms with Crippen LogP contribution in [0.1, 0.15) is 11.1 Å². The zero-order valence-corrected chi connectivity index (χ0v) is 34.6. The second kappa shape index (κ2) is 13.9. The van der Waals surface area contributed by atoms with Crippen LogP contribution in [-0.4, -0.2) is 9.13 Å². The number of benzene rings is 10. The van der Waals surface area contributed by atoms with Crippen molar-refractivity contribution in [3.05, 3.63) is 236 Å². The highest BCUT2D eigenvalue weighted by Crippen LogP contribution is 2.42. The molecule has 12 aromatic rings. The number of para-hydroxylation sites is 2. The highest BCUT2D eigenvalue weighted by molar-refractivity contribution is 6.25. The Morgan fingerprint density at radius 2 is 0.841 bits per heavy atom. The van der Waals surface area contributed by atoms with Crippen molar-refractivity contribution >= 4 is 81.5 Å². The normalized spacial score (nSPS) is 13.9. The fourth-order valence-electron chi connectivity index (χ4n) is 10.6. The summed E-state index contributed by atoms with van der Waals surface area (Å²) >= 11 is 0. The lowest BCUT2D eigenvalue weighted by molar-refractivity contribution is 1.16. The summed E-state index contributed by atoms with van der Waals surface area (Å²) in [6, 6.07) is 72.0. The van der Waals surface area contributed by atoms with Gasteiger partial charge in [-0.1, -0.05) is 170 Å². The average Bonchev–Trinajstić information content (AvgIpc) is 3.86. The Kier molecular flexibility index (Phi) is 7.85. The van der Waals surface area contributed by atoms with Gasteiger partial charge in [-0.25, -0.2) is 0 Å². The number of aromatic nitrogens is 2. The molecule has 0 bridgehead atoms. The third kappa shape index (κ3) is 5.45. The van der Waals surface area contributed by atoms with E-state index in [9.17, 15) is 0 Å². The molecule has 294 valence electrons. The Balaban J connectivity index is 0.988. The van der Waals surface area contributed by atoms with Crippen LogP contribution >= 0.6 is 0 Å². The maximum atomic E-state index is 4.45. The molecule has 13 rings (SSSR count). The fourth-order valence-corrected chi connectivity index (χ4v) is 10.6. The Hall–Kier alpha value is -8.20. The van der Waals surface area contributed by atoms with Crippen molar-refractivity contribution in [3.63, 3.8) is 0 Å². The van der Waals surface area contributed by atoms with Crippen LogP contribution in [0.15, 0.2) is 225 Å². The third-order valence-corrected chi connectivity index (χ3v) is 13.5. The highest BCUT2D eigenvalue weighted by atomic mass is 15.0. The SMILES string of the molecule is C=C1/C=C\C=C/Cc2ccc(-n3c4ccccc4c4ccc(-c5ccc6c(c5)c5ccccc5n6-c5ccc6c7ccccc7c7ccccc7c6c5)cc43)cc2-c2ccccc21. The molecule has 0 unspecified atom stereocenters. The largest absolute Gasteiger partial charge is 0.309 e. The monoisotopic (exact) mass is 800 g/mol. The lowest BCUT2D eigenvalue weighted by Crippen LogP contribution is -1.99. The van der Waals surface area contributed by atoms with Crippen molar-refractivity contribution < 1.29 is 0 Å². The van der Waals surface area contributed by atoms with Gasteiger partial charge in [0.2, 0.25) is 0 Å². The van der Waals surface area contributed by atoms with Crippen LogP contribution in [0.25, 0.3) is 115 Å². The first-order chi connectivity index (χ1) is 31.2. The Morgan fingerprint density at radius 3 is 1.59 bits per heavy atom. The van der Waals surface area contributed by atoms with Crippen molar-refractivity contribution in [1.82, 2.24) is 9.13 Å². The lowest BCUT2D eigenvalue weighted by atomic mass is 9.90. The van der Waals surface area contributed by atoms with Gasteiger partial charge in [-0.3, -0.25) is 0 Å². The molecule has 0 spiro atoms. The molecule has 0 atom stereocenters. The summed E-state index contributed by atoms with van der Waals surface area (Å²) in [7, 11) is 0. The fraction of sp³-hybridized carbons (Fsp3) is 0.0164. The first kappa shape index (κ1) is 35.5. The summed E-state index contributed by atoms with van der Waals surface area (Å²) in [5.74, 6) is 0. The zero-order valence-electron chi connectivity index (χ0n) is 34.6. The smallest absolute Gasteiger partial charge is 0.0547 e. The number of rotatable bonds is 3. The van der Waals surface area contributed by atoms with Crippen LogP contribution in [0.2, 0.25) is 0 Å². The topological polar surface area (TPSA) is 9.86 Å². The van der Waals surface area contributed by atoms with E-state index < -0.39 is 0 Å². The maximum absolute atomic E-state index is 4.45. The molecule has 1 aliphatic carbocycles. The van der Waals surface area contributed by atoms with Crippen LogP contribution in [0.3, 0.4) is 0 Å². The number of hydrogen-bond donors (Lipinski definition) is 0. The van der Waals surface area contributed by atoms with Crippen molar-refractivity contribution in [3.8, 4) is 33.6 Å². The summed E-state index contributed by atoms with van der Waals surface area (Å²) in [5, 5.41) is 12.7. The number of hydrogen-bond acceptors (Lipinski definition) is 0. The summed E-state index contributed by atoms with van der Waals surface area (Å²) in [6.07, 6.45) is 9.43. The highest BCUT2D eigenvalue weighted by Gasteiger charge is 2.19. The molecule has 2 aromatic heterocycles. The van der Waals surface area contributed by atoms with Crippen LogP contribution in [0, 0.1) is 0 Å². The standard InChI is InChI=1S/C61H40N2/c1-39-15-3-2-4-16-40-27-30-43(37-55(40)46-18-6-5-17-45(39)46)63-58-25-13-11-23-52(58)54-32-28-42(36-61(54)63)41-29-34-60-57(35-41)53-24-12-14-26-59(53)62(60)44-31-33-51-49-21-8-7-19-47(49)48-20-9-10-22-50(48)56(51)38-44/h2-15,17-38H,1,16H2/b4-2-,15-3-.